The second-order valence-corrected chi connectivity index (χ2v) is 6.61. The second-order valence-electron chi connectivity index (χ2n) is 4.36. The molecule has 0 aliphatic rings. The van der Waals surface area contributed by atoms with E-state index >= 15 is 0 Å². The number of thiophene rings is 1. The van der Waals surface area contributed by atoms with Crippen molar-refractivity contribution in [3.05, 3.63) is 21.4 Å². The van der Waals surface area contributed by atoms with E-state index < -0.39 is 5.97 Å². The number of aliphatic carboxylic acids is 1. The van der Waals surface area contributed by atoms with Crippen molar-refractivity contribution in [2.45, 2.75) is 33.1 Å². The van der Waals surface area contributed by atoms with Gasteiger partial charge in [0.2, 0.25) is 0 Å². The number of nitrogens with one attached hydrogen (secondary N) is 1. The smallest absolute Gasteiger partial charge is 0.313 e. The first-order valence-electron chi connectivity index (χ1n) is 6.77. The van der Waals surface area contributed by atoms with Crippen molar-refractivity contribution in [3.63, 3.8) is 0 Å². The summed E-state index contributed by atoms with van der Waals surface area (Å²) in [5.41, 5.74) is 1.27. The number of aryl methyl sites for hydroxylation is 2. The Balaban J connectivity index is 2.44. The number of carbonyl (C=O) groups excluding carboxylic acids is 1. The minimum Gasteiger partial charge on any atom is -0.481 e. The van der Waals surface area contributed by atoms with E-state index in [9.17, 15) is 9.59 Å². The molecule has 0 saturated heterocycles. The molecule has 0 radical (unpaired) electrons. The molecule has 0 fully saturated rings. The third-order valence-corrected chi connectivity index (χ3v) is 4.92. The minimum atomic E-state index is -0.823. The molecule has 20 heavy (non-hydrogen) atoms. The average Bonchev–Trinajstić information content (AvgIpc) is 2.81. The zero-order chi connectivity index (χ0) is 15.0. The molecule has 0 bridgehead atoms. The van der Waals surface area contributed by atoms with Crippen molar-refractivity contribution < 1.29 is 14.7 Å². The van der Waals surface area contributed by atoms with Gasteiger partial charge in [-0.3, -0.25) is 9.59 Å². The molecule has 112 valence electrons. The van der Waals surface area contributed by atoms with Crippen LogP contribution in [0.25, 0.3) is 0 Å². The van der Waals surface area contributed by atoms with E-state index in [0.717, 1.165) is 24.1 Å². The van der Waals surface area contributed by atoms with E-state index in [1.54, 1.807) is 11.3 Å². The van der Waals surface area contributed by atoms with Crippen LogP contribution in [-0.4, -0.2) is 35.0 Å². The van der Waals surface area contributed by atoms with Crippen LogP contribution in [0.5, 0.6) is 0 Å². The lowest BCUT2D eigenvalue weighted by Crippen LogP contribution is -2.25. The lowest BCUT2D eigenvalue weighted by atomic mass is 10.1. The Morgan fingerprint density at radius 3 is 2.75 bits per heavy atom. The highest BCUT2D eigenvalue weighted by Crippen LogP contribution is 2.24. The zero-order valence-corrected chi connectivity index (χ0v) is 13.5. The molecule has 0 atom stereocenters. The highest BCUT2D eigenvalue weighted by molar-refractivity contribution is 7.99. The van der Waals surface area contributed by atoms with Gasteiger partial charge in [0.1, 0.15) is 0 Å². The number of amides is 1. The summed E-state index contributed by atoms with van der Waals surface area (Å²) in [7, 11) is 0. The molecule has 0 aliphatic heterocycles. The van der Waals surface area contributed by atoms with Gasteiger partial charge in [0.15, 0.2) is 0 Å². The number of rotatable bonds is 9. The Morgan fingerprint density at radius 2 is 2.15 bits per heavy atom. The summed E-state index contributed by atoms with van der Waals surface area (Å²) in [6.07, 6.45) is 3.06. The molecule has 0 saturated carbocycles. The Bertz CT molecular complexity index is 457. The molecule has 0 spiro atoms. The van der Waals surface area contributed by atoms with Gasteiger partial charge in [-0.05, 0) is 24.5 Å². The normalized spacial score (nSPS) is 10.5. The lowest BCUT2D eigenvalue weighted by molar-refractivity contribution is -0.133. The van der Waals surface area contributed by atoms with Crippen molar-refractivity contribution >= 4 is 35.0 Å². The molecule has 0 aliphatic carbocycles. The van der Waals surface area contributed by atoms with Crippen LogP contribution in [-0.2, 0) is 17.6 Å². The molecule has 1 rings (SSSR count). The Kier molecular flexibility index (Phi) is 7.69. The van der Waals surface area contributed by atoms with Gasteiger partial charge in [0.25, 0.3) is 5.91 Å². The summed E-state index contributed by atoms with van der Waals surface area (Å²) < 4.78 is 0. The van der Waals surface area contributed by atoms with Crippen LogP contribution in [0.3, 0.4) is 0 Å². The summed E-state index contributed by atoms with van der Waals surface area (Å²) in [6, 6.07) is 1.98. The van der Waals surface area contributed by atoms with E-state index in [-0.39, 0.29) is 11.7 Å². The number of carbonyl (C=O) groups is 2. The van der Waals surface area contributed by atoms with Crippen LogP contribution in [0.15, 0.2) is 6.07 Å². The van der Waals surface area contributed by atoms with Crippen molar-refractivity contribution in [2.75, 3.05) is 18.1 Å². The fourth-order valence-corrected chi connectivity index (χ4v) is 3.64. The standard InChI is InChI=1S/C14H21NO3S2/c1-3-5-11-10(4-2)8-12(20-11)14(18)15-6-7-19-9-13(16)17/h8H,3-7,9H2,1-2H3,(H,15,18)(H,16,17). The molecule has 0 aromatic carbocycles. The Morgan fingerprint density at radius 1 is 1.40 bits per heavy atom. The maximum Gasteiger partial charge on any atom is 0.313 e. The first-order chi connectivity index (χ1) is 9.58. The third kappa shape index (κ3) is 5.54. The quantitative estimate of drug-likeness (QED) is 0.688. The number of hydrogen-bond acceptors (Lipinski definition) is 4. The van der Waals surface area contributed by atoms with Crippen molar-refractivity contribution in [3.8, 4) is 0 Å². The van der Waals surface area contributed by atoms with Gasteiger partial charge in [-0.25, -0.2) is 0 Å². The largest absolute Gasteiger partial charge is 0.481 e. The Labute approximate surface area is 128 Å². The number of carboxylic acids is 1. The van der Waals surface area contributed by atoms with Gasteiger partial charge in [-0.2, -0.15) is 0 Å². The van der Waals surface area contributed by atoms with Gasteiger partial charge in [-0.15, -0.1) is 23.1 Å². The lowest BCUT2D eigenvalue weighted by Gasteiger charge is -2.02. The molecular formula is C14H21NO3S2. The fourth-order valence-electron chi connectivity index (χ4n) is 1.80. The summed E-state index contributed by atoms with van der Waals surface area (Å²) in [5.74, 6) is -0.180. The summed E-state index contributed by atoms with van der Waals surface area (Å²) in [4.78, 5) is 24.4. The van der Waals surface area contributed by atoms with Gasteiger partial charge in [0.05, 0.1) is 10.6 Å². The van der Waals surface area contributed by atoms with Crippen LogP contribution in [0, 0.1) is 0 Å². The fraction of sp³-hybridized carbons (Fsp3) is 0.571. The molecule has 1 aromatic rings. The van der Waals surface area contributed by atoms with Gasteiger partial charge < -0.3 is 10.4 Å². The molecule has 2 N–H and O–H groups in total. The van der Waals surface area contributed by atoms with Crippen LogP contribution in [0.2, 0.25) is 0 Å². The average molecular weight is 315 g/mol. The molecule has 0 unspecified atom stereocenters. The van der Waals surface area contributed by atoms with Crippen LogP contribution < -0.4 is 5.32 Å². The highest BCUT2D eigenvalue weighted by atomic mass is 32.2. The molecule has 1 aromatic heterocycles. The zero-order valence-electron chi connectivity index (χ0n) is 11.9. The highest BCUT2D eigenvalue weighted by Gasteiger charge is 2.12. The van der Waals surface area contributed by atoms with E-state index in [0.29, 0.717) is 12.3 Å². The van der Waals surface area contributed by atoms with Crippen LogP contribution >= 0.6 is 23.1 Å². The van der Waals surface area contributed by atoms with Gasteiger partial charge in [0, 0.05) is 17.2 Å². The molecular weight excluding hydrogens is 294 g/mol. The van der Waals surface area contributed by atoms with Crippen LogP contribution in [0.4, 0.5) is 0 Å². The minimum absolute atomic E-state index is 0.0528. The van der Waals surface area contributed by atoms with E-state index in [1.807, 2.05) is 6.07 Å². The van der Waals surface area contributed by atoms with Crippen molar-refractivity contribution in [1.82, 2.24) is 5.32 Å². The number of hydrogen-bond donors (Lipinski definition) is 2. The monoisotopic (exact) mass is 315 g/mol. The van der Waals surface area contributed by atoms with Crippen LogP contribution in [0.1, 0.15) is 40.4 Å². The predicted octanol–water partition coefficient (Wildman–Crippen LogP) is 2.81. The first kappa shape index (κ1) is 17.0. The van der Waals surface area contributed by atoms with E-state index in [2.05, 4.69) is 19.2 Å². The molecule has 1 amide bonds. The number of carboxylic acid groups (broad SMARTS) is 1. The number of thioether (sulfide) groups is 1. The summed E-state index contributed by atoms with van der Waals surface area (Å²) >= 11 is 2.88. The summed E-state index contributed by atoms with van der Waals surface area (Å²) in [6.45, 7) is 4.74. The Hall–Kier alpha value is -1.01. The van der Waals surface area contributed by atoms with E-state index in [1.165, 1.54) is 22.2 Å². The predicted molar refractivity (Wildman–Crippen MR) is 85.0 cm³/mol. The van der Waals surface area contributed by atoms with E-state index in [4.69, 9.17) is 5.11 Å². The van der Waals surface area contributed by atoms with Crippen molar-refractivity contribution in [2.24, 2.45) is 0 Å². The molecule has 6 heteroatoms. The van der Waals surface area contributed by atoms with Gasteiger partial charge in [-0.1, -0.05) is 20.3 Å². The molecule has 4 nitrogen and oxygen atoms in total. The maximum absolute atomic E-state index is 12.0. The third-order valence-electron chi connectivity index (χ3n) is 2.74. The SMILES string of the molecule is CCCc1sc(C(=O)NCCSCC(=O)O)cc1CC. The molecule has 1 heterocycles. The summed E-state index contributed by atoms with van der Waals surface area (Å²) in [5, 5.41) is 11.3. The van der Waals surface area contributed by atoms with Crippen molar-refractivity contribution in [1.29, 1.82) is 0 Å². The van der Waals surface area contributed by atoms with Gasteiger partial charge >= 0.3 is 5.97 Å². The maximum atomic E-state index is 12.0. The second kappa shape index (κ2) is 9.02. The topological polar surface area (TPSA) is 66.4 Å². The first-order valence-corrected chi connectivity index (χ1v) is 8.74.